The molecule has 22 heavy (non-hydrogen) atoms. The first-order chi connectivity index (χ1) is 10.4. The van der Waals surface area contributed by atoms with Crippen LogP contribution < -0.4 is 26.6 Å². The second-order valence-corrected chi connectivity index (χ2v) is 5.71. The highest BCUT2D eigenvalue weighted by Crippen LogP contribution is 2.27. The molecule has 0 aromatic heterocycles. The predicted octanol–water partition coefficient (Wildman–Crippen LogP) is 1.89. The van der Waals surface area contributed by atoms with Gasteiger partial charge in [0.25, 0.3) is 0 Å². The molecule has 0 saturated heterocycles. The number of nitrogens with one attached hydrogen (secondary N) is 3. The van der Waals surface area contributed by atoms with Crippen molar-refractivity contribution in [2.75, 3.05) is 6.61 Å². The topological polar surface area (TPSA) is 88.4 Å². The largest absolute Gasteiger partial charge is 0.492 e. The minimum atomic E-state index is -0.256. The molecule has 0 fully saturated rings. The standard InChI is InChI=1S/C12H14Cl2N4O2S2/c13-7-3-4-9(8(14)6-7)20-5-1-2-10(19)16-12(22)18-17-11(15)21/h3-4,6H,1-2,5H2,(H3,15,17,21)(H2,16,18,19,22). The van der Waals surface area contributed by atoms with Gasteiger partial charge in [-0.05, 0) is 49.1 Å². The molecule has 0 saturated carbocycles. The zero-order chi connectivity index (χ0) is 16.5. The van der Waals surface area contributed by atoms with Gasteiger partial charge in [0.2, 0.25) is 5.91 Å². The number of halogens is 2. The van der Waals surface area contributed by atoms with Crippen molar-refractivity contribution in [1.82, 2.24) is 16.2 Å². The second kappa shape index (κ2) is 9.62. The molecule has 1 aromatic carbocycles. The zero-order valence-corrected chi connectivity index (χ0v) is 14.5. The lowest BCUT2D eigenvalue weighted by atomic mass is 10.3. The fraction of sp³-hybridized carbons (Fsp3) is 0.250. The fourth-order valence-electron chi connectivity index (χ4n) is 1.35. The van der Waals surface area contributed by atoms with Crippen LogP contribution in [0, 0.1) is 0 Å². The Kier molecular flexibility index (Phi) is 8.18. The maximum Gasteiger partial charge on any atom is 0.226 e. The van der Waals surface area contributed by atoms with Gasteiger partial charge in [-0.2, -0.15) is 0 Å². The summed E-state index contributed by atoms with van der Waals surface area (Å²) in [6.07, 6.45) is 0.732. The van der Waals surface area contributed by atoms with Crippen molar-refractivity contribution in [2.24, 2.45) is 5.73 Å². The highest BCUT2D eigenvalue weighted by Gasteiger charge is 2.06. The van der Waals surface area contributed by atoms with E-state index in [1.165, 1.54) is 0 Å². The van der Waals surface area contributed by atoms with Crippen molar-refractivity contribution in [3.8, 4) is 5.75 Å². The molecule has 10 heteroatoms. The van der Waals surface area contributed by atoms with Gasteiger partial charge in [-0.1, -0.05) is 23.2 Å². The van der Waals surface area contributed by atoms with E-state index in [1.54, 1.807) is 18.2 Å². The average molecular weight is 381 g/mol. The normalized spacial score (nSPS) is 9.73. The van der Waals surface area contributed by atoms with Crippen LogP contribution in [0.3, 0.4) is 0 Å². The Balaban J connectivity index is 2.22. The van der Waals surface area contributed by atoms with E-state index in [0.29, 0.717) is 28.8 Å². The number of hydrogen-bond donors (Lipinski definition) is 4. The maximum absolute atomic E-state index is 11.6. The minimum absolute atomic E-state index is 0.0184. The van der Waals surface area contributed by atoms with Gasteiger partial charge >= 0.3 is 0 Å². The lowest BCUT2D eigenvalue weighted by Gasteiger charge is -2.10. The van der Waals surface area contributed by atoms with Gasteiger partial charge in [0.1, 0.15) is 5.75 Å². The summed E-state index contributed by atoms with van der Waals surface area (Å²) in [5.41, 5.74) is 10.1. The smallest absolute Gasteiger partial charge is 0.226 e. The minimum Gasteiger partial charge on any atom is -0.492 e. The van der Waals surface area contributed by atoms with Gasteiger partial charge in [0.05, 0.1) is 11.6 Å². The molecule has 0 radical (unpaired) electrons. The van der Waals surface area contributed by atoms with Crippen molar-refractivity contribution in [1.29, 1.82) is 0 Å². The molecule has 120 valence electrons. The van der Waals surface area contributed by atoms with E-state index in [-0.39, 0.29) is 22.6 Å². The van der Waals surface area contributed by atoms with E-state index >= 15 is 0 Å². The summed E-state index contributed by atoms with van der Waals surface area (Å²) in [5, 5.41) is 3.51. The van der Waals surface area contributed by atoms with E-state index in [4.69, 9.17) is 45.9 Å². The molecule has 0 atom stereocenters. The predicted molar refractivity (Wildman–Crippen MR) is 95.0 cm³/mol. The molecular formula is C12H14Cl2N4O2S2. The van der Waals surface area contributed by atoms with Crippen LogP contribution in [0.5, 0.6) is 5.75 Å². The van der Waals surface area contributed by atoms with Gasteiger partial charge in [-0.25, -0.2) is 0 Å². The quantitative estimate of drug-likeness (QED) is 0.352. The van der Waals surface area contributed by atoms with Crippen LogP contribution in [0.2, 0.25) is 10.0 Å². The Morgan fingerprint density at radius 3 is 2.64 bits per heavy atom. The van der Waals surface area contributed by atoms with Crippen molar-refractivity contribution < 1.29 is 9.53 Å². The SMILES string of the molecule is NC(=S)NNC(=S)NC(=O)CCCOc1ccc(Cl)cc1Cl. The number of ether oxygens (including phenoxy) is 1. The third-order valence-corrected chi connectivity index (χ3v) is 3.09. The Morgan fingerprint density at radius 1 is 1.27 bits per heavy atom. The number of benzene rings is 1. The number of nitrogens with two attached hydrogens (primary N) is 1. The first kappa shape index (κ1) is 18.7. The first-order valence-electron chi connectivity index (χ1n) is 6.11. The summed E-state index contributed by atoms with van der Waals surface area (Å²) in [5.74, 6) is 0.261. The lowest BCUT2D eigenvalue weighted by molar-refractivity contribution is -0.119. The number of thiocarbonyl (C=S) groups is 2. The molecule has 0 aliphatic rings. The number of carbonyl (C=O) groups is 1. The van der Waals surface area contributed by atoms with Crippen LogP contribution in [-0.4, -0.2) is 22.7 Å². The number of amides is 1. The van der Waals surface area contributed by atoms with Gasteiger partial charge in [-0.15, -0.1) is 0 Å². The summed E-state index contributed by atoms with van der Waals surface area (Å²) in [4.78, 5) is 11.6. The van der Waals surface area contributed by atoms with Crippen LogP contribution in [-0.2, 0) is 4.79 Å². The van der Waals surface area contributed by atoms with E-state index in [0.717, 1.165) is 0 Å². The molecule has 0 aliphatic heterocycles. The first-order valence-corrected chi connectivity index (χ1v) is 7.69. The van der Waals surface area contributed by atoms with Crippen LogP contribution in [0.1, 0.15) is 12.8 Å². The number of rotatable bonds is 5. The third kappa shape index (κ3) is 7.60. The number of hydrogen-bond acceptors (Lipinski definition) is 4. The zero-order valence-electron chi connectivity index (χ0n) is 11.3. The van der Waals surface area contributed by atoms with Crippen molar-refractivity contribution >= 4 is 63.8 Å². The van der Waals surface area contributed by atoms with Crippen molar-refractivity contribution in [2.45, 2.75) is 12.8 Å². The molecular weight excluding hydrogens is 367 g/mol. The monoisotopic (exact) mass is 380 g/mol. The fourth-order valence-corrected chi connectivity index (χ4v) is 2.02. The Labute approximate surface area is 148 Å². The van der Waals surface area contributed by atoms with Gasteiger partial charge in [0, 0.05) is 11.4 Å². The summed E-state index contributed by atoms with van der Waals surface area (Å²) >= 11 is 21.2. The molecule has 0 aliphatic carbocycles. The van der Waals surface area contributed by atoms with Crippen LogP contribution in [0.4, 0.5) is 0 Å². The van der Waals surface area contributed by atoms with Gasteiger partial charge < -0.3 is 15.8 Å². The van der Waals surface area contributed by atoms with Crippen LogP contribution in [0.25, 0.3) is 0 Å². The summed E-state index contributed by atoms with van der Waals surface area (Å²) in [6, 6.07) is 4.93. The third-order valence-electron chi connectivity index (χ3n) is 2.25. The second-order valence-electron chi connectivity index (χ2n) is 4.02. The van der Waals surface area contributed by atoms with E-state index in [2.05, 4.69) is 28.4 Å². The van der Waals surface area contributed by atoms with E-state index < -0.39 is 0 Å². The van der Waals surface area contributed by atoms with Crippen molar-refractivity contribution in [3.05, 3.63) is 28.2 Å². The molecule has 0 heterocycles. The van der Waals surface area contributed by atoms with Gasteiger partial charge in [-0.3, -0.25) is 15.6 Å². The Morgan fingerprint density at radius 2 is 2.00 bits per heavy atom. The molecule has 1 rings (SSSR count). The highest BCUT2D eigenvalue weighted by molar-refractivity contribution is 7.80. The number of carbonyl (C=O) groups excluding carboxylic acids is 1. The van der Waals surface area contributed by atoms with Crippen LogP contribution in [0.15, 0.2) is 18.2 Å². The van der Waals surface area contributed by atoms with E-state index in [9.17, 15) is 4.79 Å². The van der Waals surface area contributed by atoms with E-state index in [1.807, 2.05) is 0 Å². The molecule has 1 amide bonds. The summed E-state index contributed by atoms with van der Waals surface area (Å²) in [6.45, 7) is 0.333. The summed E-state index contributed by atoms with van der Waals surface area (Å²) in [7, 11) is 0. The number of hydrazine groups is 1. The Bertz CT molecular complexity index is 572. The van der Waals surface area contributed by atoms with Crippen molar-refractivity contribution in [3.63, 3.8) is 0 Å². The molecule has 0 unspecified atom stereocenters. The maximum atomic E-state index is 11.6. The highest BCUT2D eigenvalue weighted by atomic mass is 35.5. The average Bonchev–Trinajstić information content (AvgIpc) is 2.43. The van der Waals surface area contributed by atoms with Crippen LogP contribution >= 0.6 is 47.6 Å². The lowest BCUT2D eigenvalue weighted by Crippen LogP contribution is -2.50. The molecule has 1 aromatic rings. The van der Waals surface area contributed by atoms with Gasteiger partial charge in [0.15, 0.2) is 10.2 Å². The summed E-state index contributed by atoms with van der Waals surface area (Å²) < 4.78 is 5.46. The molecule has 6 nitrogen and oxygen atoms in total. The Hall–Kier alpha value is -1.35. The molecule has 0 bridgehead atoms. The molecule has 5 N–H and O–H groups in total. The molecule has 0 spiro atoms.